The average Bonchev–Trinajstić information content (AvgIpc) is 3.24. The number of aromatic nitrogens is 2. The second kappa shape index (κ2) is 8.72. The molecule has 0 bridgehead atoms. The van der Waals surface area contributed by atoms with Gasteiger partial charge in [-0.05, 0) is 61.9 Å². The van der Waals surface area contributed by atoms with E-state index in [9.17, 15) is 9.59 Å². The van der Waals surface area contributed by atoms with Gasteiger partial charge in [0.15, 0.2) is 6.10 Å². The van der Waals surface area contributed by atoms with Crippen molar-refractivity contribution in [2.45, 2.75) is 26.5 Å². The summed E-state index contributed by atoms with van der Waals surface area (Å²) in [5.41, 5.74) is 4.23. The summed E-state index contributed by atoms with van der Waals surface area (Å²) < 4.78 is 5.86. The van der Waals surface area contributed by atoms with Crippen LogP contribution in [0.2, 0.25) is 0 Å². The highest BCUT2D eigenvalue weighted by molar-refractivity contribution is 7.15. The van der Waals surface area contributed by atoms with Crippen LogP contribution in [0.4, 0.5) is 5.69 Å². The Morgan fingerprint density at radius 3 is 2.65 bits per heavy atom. The first-order valence-corrected chi connectivity index (χ1v) is 11.6. The number of carbonyl (C=O) groups is 2. The van der Waals surface area contributed by atoms with Crippen molar-refractivity contribution in [3.05, 3.63) is 82.9 Å². The largest absolute Gasteiger partial charge is 0.479 e. The number of rotatable bonds is 5. The molecule has 1 unspecified atom stereocenters. The number of ether oxygens (including phenoxy) is 1. The zero-order chi connectivity index (χ0) is 23.8. The van der Waals surface area contributed by atoms with Gasteiger partial charge in [0.25, 0.3) is 5.91 Å². The molecule has 0 saturated carbocycles. The van der Waals surface area contributed by atoms with Crippen LogP contribution in [-0.2, 0) is 11.3 Å². The molecule has 0 aliphatic carbocycles. The van der Waals surface area contributed by atoms with Crippen LogP contribution in [0.25, 0.3) is 22.0 Å². The number of hydrogen-bond acceptors (Lipinski definition) is 6. The molecular weight excluding hydrogens is 450 g/mol. The Kier molecular flexibility index (Phi) is 5.59. The first kappa shape index (κ1) is 21.8. The number of thiazole rings is 1. The molecule has 8 heteroatoms. The van der Waals surface area contributed by atoms with Gasteiger partial charge in [-0.3, -0.25) is 9.78 Å². The number of fused-ring (bicyclic) bond motifs is 1. The zero-order valence-electron chi connectivity index (χ0n) is 18.6. The second-order valence-electron chi connectivity index (χ2n) is 8.01. The third-order valence-corrected chi connectivity index (χ3v) is 6.66. The Labute approximate surface area is 200 Å². The summed E-state index contributed by atoms with van der Waals surface area (Å²) in [5, 5.41) is 9.98. The van der Waals surface area contributed by atoms with Crippen molar-refractivity contribution < 1.29 is 19.4 Å². The van der Waals surface area contributed by atoms with Crippen molar-refractivity contribution in [2.24, 2.45) is 0 Å². The number of aromatic carboxylic acids is 1. The third kappa shape index (κ3) is 4.04. The molecule has 1 aliphatic heterocycles. The number of nitrogens with zero attached hydrogens (tertiary/aromatic N) is 3. The first-order chi connectivity index (χ1) is 16.4. The van der Waals surface area contributed by atoms with Gasteiger partial charge in [-0.15, -0.1) is 11.3 Å². The Morgan fingerprint density at radius 1 is 1.15 bits per heavy atom. The van der Waals surface area contributed by atoms with Crippen LogP contribution in [0.3, 0.4) is 0 Å². The van der Waals surface area contributed by atoms with E-state index in [2.05, 4.69) is 4.98 Å². The molecule has 1 atom stereocenters. The number of amides is 1. The van der Waals surface area contributed by atoms with Crippen molar-refractivity contribution >= 4 is 28.9 Å². The Hall–Kier alpha value is -4.04. The minimum absolute atomic E-state index is 0.156. The summed E-state index contributed by atoms with van der Waals surface area (Å²) in [7, 11) is 0. The molecule has 3 heterocycles. The lowest BCUT2D eigenvalue weighted by molar-refractivity contribution is -0.125. The zero-order valence-corrected chi connectivity index (χ0v) is 19.4. The maximum absolute atomic E-state index is 13.1. The van der Waals surface area contributed by atoms with Crippen LogP contribution in [-0.4, -0.2) is 33.1 Å². The molecule has 4 aromatic rings. The smallest absolute Gasteiger partial charge is 0.335 e. The van der Waals surface area contributed by atoms with Crippen molar-refractivity contribution in [3.8, 4) is 27.7 Å². The highest BCUT2D eigenvalue weighted by Gasteiger charge is 2.32. The quantitative estimate of drug-likeness (QED) is 0.430. The fraction of sp³-hybridized carbons (Fsp3) is 0.154. The van der Waals surface area contributed by atoms with Crippen molar-refractivity contribution in [1.29, 1.82) is 0 Å². The summed E-state index contributed by atoms with van der Waals surface area (Å²) in [6.45, 7) is 4.05. The fourth-order valence-corrected chi connectivity index (χ4v) is 4.83. The summed E-state index contributed by atoms with van der Waals surface area (Å²) in [6.07, 6.45) is 1.13. The van der Waals surface area contributed by atoms with E-state index in [1.165, 1.54) is 0 Å². The number of pyridine rings is 1. The highest BCUT2D eigenvalue weighted by Crippen LogP contribution is 2.40. The topological polar surface area (TPSA) is 92.6 Å². The van der Waals surface area contributed by atoms with Crippen LogP contribution >= 0.6 is 11.3 Å². The lowest BCUT2D eigenvalue weighted by Crippen LogP contribution is -2.44. The maximum atomic E-state index is 13.1. The summed E-state index contributed by atoms with van der Waals surface area (Å²) in [5.74, 6) is -0.520. The lowest BCUT2D eigenvalue weighted by atomic mass is 10.1. The highest BCUT2D eigenvalue weighted by atomic mass is 32.1. The number of carboxylic acid groups (broad SMARTS) is 1. The lowest BCUT2D eigenvalue weighted by Gasteiger charge is -2.33. The van der Waals surface area contributed by atoms with E-state index in [0.29, 0.717) is 18.0 Å². The number of aryl methyl sites for hydroxylation is 1. The molecule has 2 aromatic heterocycles. The van der Waals surface area contributed by atoms with E-state index in [0.717, 1.165) is 32.4 Å². The number of carbonyl (C=O) groups excluding carboxylic acids is 1. The number of hydrogen-bond donors (Lipinski definition) is 1. The fourth-order valence-electron chi connectivity index (χ4n) is 3.92. The molecule has 1 aliphatic rings. The number of anilines is 1. The van der Waals surface area contributed by atoms with Gasteiger partial charge < -0.3 is 14.7 Å². The van der Waals surface area contributed by atoms with Gasteiger partial charge in [0.1, 0.15) is 10.8 Å². The van der Waals surface area contributed by atoms with Gasteiger partial charge in [-0.1, -0.05) is 18.2 Å². The molecule has 0 fully saturated rings. The molecular formula is C26H21N3O4S. The van der Waals surface area contributed by atoms with Crippen molar-refractivity contribution in [3.63, 3.8) is 0 Å². The Balaban J connectivity index is 1.51. The van der Waals surface area contributed by atoms with E-state index in [1.807, 2.05) is 43.3 Å². The van der Waals surface area contributed by atoms with Crippen LogP contribution in [0, 0.1) is 6.92 Å². The standard InChI is InChI=1S/C26H21N3O4S/c1-15-25(30)29(14-17-6-8-18(9-7-17)26(31)32)21-13-19(10-11-22(21)33-15)23-16(2)34-24(28-23)20-5-3-4-12-27-20/h3-13,15H,14H2,1-2H3,(H,31,32). The van der Waals surface area contributed by atoms with E-state index >= 15 is 0 Å². The third-order valence-electron chi connectivity index (χ3n) is 5.66. The predicted molar refractivity (Wildman–Crippen MR) is 130 cm³/mol. The van der Waals surface area contributed by atoms with E-state index in [4.69, 9.17) is 14.8 Å². The predicted octanol–water partition coefficient (Wildman–Crippen LogP) is 5.19. The minimum atomic E-state index is -0.985. The van der Waals surface area contributed by atoms with Crippen LogP contribution in [0.15, 0.2) is 66.9 Å². The van der Waals surface area contributed by atoms with Gasteiger partial charge in [-0.2, -0.15) is 0 Å². The maximum Gasteiger partial charge on any atom is 0.335 e. The van der Waals surface area contributed by atoms with E-state index in [-0.39, 0.29) is 11.5 Å². The van der Waals surface area contributed by atoms with Crippen LogP contribution < -0.4 is 9.64 Å². The molecule has 7 nitrogen and oxygen atoms in total. The van der Waals surface area contributed by atoms with Gasteiger partial charge in [0.05, 0.1) is 29.2 Å². The van der Waals surface area contributed by atoms with Crippen molar-refractivity contribution in [1.82, 2.24) is 9.97 Å². The molecule has 5 rings (SSSR count). The van der Waals surface area contributed by atoms with E-state index < -0.39 is 12.1 Å². The van der Waals surface area contributed by atoms with Gasteiger partial charge in [-0.25, -0.2) is 9.78 Å². The van der Waals surface area contributed by atoms with Crippen LogP contribution in [0.1, 0.15) is 27.7 Å². The van der Waals surface area contributed by atoms with Gasteiger partial charge >= 0.3 is 5.97 Å². The number of carboxylic acids is 1. The molecule has 34 heavy (non-hydrogen) atoms. The summed E-state index contributed by atoms with van der Waals surface area (Å²) >= 11 is 1.57. The first-order valence-electron chi connectivity index (χ1n) is 10.7. The SMILES string of the molecule is Cc1sc(-c2ccccn2)nc1-c1ccc2c(c1)N(Cc1ccc(C(=O)O)cc1)C(=O)C(C)O2. The molecule has 2 aromatic carbocycles. The van der Waals surface area contributed by atoms with E-state index in [1.54, 1.807) is 53.6 Å². The second-order valence-corrected chi connectivity index (χ2v) is 9.21. The molecule has 0 spiro atoms. The normalized spacial score (nSPS) is 15.1. The summed E-state index contributed by atoms with van der Waals surface area (Å²) in [6, 6.07) is 18.0. The molecule has 0 radical (unpaired) electrons. The molecule has 170 valence electrons. The molecule has 1 amide bonds. The molecule has 1 N–H and O–H groups in total. The Bertz CT molecular complexity index is 1380. The monoisotopic (exact) mass is 471 g/mol. The van der Waals surface area contributed by atoms with Gasteiger partial charge in [0.2, 0.25) is 0 Å². The minimum Gasteiger partial charge on any atom is -0.479 e. The number of benzene rings is 2. The average molecular weight is 472 g/mol. The molecule has 0 saturated heterocycles. The van der Waals surface area contributed by atoms with Crippen molar-refractivity contribution in [2.75, 3.05) is 4.90 Å². The van der Waals surface area contributed by atoms with Gasteiger partial charge in [0, 0.05) is 16.6 Å². The Morgan fingerprint density at radius 2 is 1.94 bits per heavy atom. The van der Waals surface area contributed by atoms with Crippen LogP contribution in [0.5, 0.6) is 5.75 Å². The summed E-state index contributed by atoms with van der Waals surface area (Å²) in [4.78, 5) is 36.2.